The van der Waals surface area contributed by atoms with Crippen LogP contribution in [0.2, 0.25) is 0 Å². The van der Waals surface area contributed by atoms with Gasteiger partial charge in [-0.1, -0.05) is 42.0 Å². The fourth-order valence-electron chi connectivity index (χ4n) is 7.52. The van der Waals surface area contributed by atoms with Gasteiger partial charge in [0.2, 0.25) is 0 Å². The SMILES string of the molecule is COc1ccc(N(c2ccc(C)cc2)c2ccc(C3=C4C(=O)N(C)C(c5ccc(N(c6ccc(OC)cc6)c6ccc(OC)cc6)cc5)=C4C(=O)N3C)cc2)cc1. The highest BCUT2D eigenvalue weighted by atomic mass is 16.5. The topological polar surface area (TPSA) is 74.8 Å². The molecule has 0 bridgehead atoms. The van der Waals surface area contributed by atoms with Gasteiger partial charge in [-0.3, -0.25) is 9.59 Å². The average Bonchev–Trinajstić information content (AvgIpc) is 3.66. The van der Waals surface area contributed by atoms with E-state index in [2.05, 4.69) is 41.0 Å². The second-order valence-corrected chi connectivity index (χ2v) is 13.9. The lowest BCUT2D eigenvalue weighted by atomic mass is 10.0. The number of benzene rings is 6. The Morgan fingerprint density at radius 2 is 0.632 bits per heavy atom. The summed E-state index contributed by atoms with van der Waals surface area (Å²) < 4.78 is 16.2. The van der Waals surface area contributed by atoms with Crippen molar-refractivity contribution in [1.29, 1.82) is 0 Å². The van der Waals surface area contributed by atoms with Crippen LogP contribution >= 0.6 is 0 Å². The average molecular weight is 755 g/mol. The third kappa shape index (κ3) is 6.63. The first-order valence-corrected chi connectivity index (χ1v) is 18.6. The number of carbonyl (C=O) groups excluding carboxylic acids is 2. The van der Waals surface area contributed by atoms with Crippen LogP contribution in [0.15, 0.2) is 157 Å². The highest BCUT2D eigenvalue weighted by molar-refractivity contribution is 6.30. The summed E-state index contributed by atoms with van der Waals surface area (Å²) in [5, 5.41) is 0. The predicted molar refractivity (Wildman–Crippen MR) is 226 cm³/mol. The molecule has 6 aromatic carbocycles. The van der Waals surface area contributed by atoms with Crippen LogP contribution in [0.25, 0.3) is 11.4 Å². The molecule has 2 aliphatic heterocycles. The summed E-state index contributed by atoms with van der Waals surface area (Å²) >= 11 is 0. The quantitative estimate of drug-likeness (QED) is 0.130. The maximum atomic E-state index is 14.1. The molecule has 0 fully saturated rings. The minimum Gasteiger partial charge on any atom is -0.497 e. The highest BCUT2D eigenvalue weighted by Gasteiger charge is 2.46. The third-order valence-corrected chi connectivity index (χ3v) is 10.5. The van der Waals surface area contributed by atoms with Gasteiger partial charge in [-0.25, -0.2) is 0 Å². The van der Waals surface area contributed by atoms with Gasteiger partial charge in [0.15, 0.2) is 0 Å². The molecule has 0 radical (unpaired) electrons. The maximum absolute atomic E-state index is 14.1. The molecule has 9 heteroatoms. The van der Waals surface area contributed by atoms with Crippen molar-refractivity contribution in [2.75, 3.05) is 45.2 Å². The molecule has 0 unspecified atom stereocenters. The highest BCUT2D eigenvalue weighted by Crippen LogP contribution is 2.46. The molecule has 9 nitrogen and oxygen atoms in total. The Labute approximate surface area is 332 Å². The number of likely N-dealkylation sites (N-methyl/N-ethyl adjacent to an activating group) is 2. The van der Waals surface area contributed by atoms with E-state index < -0.39 is 0 Å². The molecule has 6 aromatic rings. The molecule has 0 spiro atoms. The van der Waals surface area contributed by atoms with Crippen molar-refractivity contribution < 1.29 is 23.8 Å². The van der Waals surface area contributed by atoms with Crippen LogP contribution in [0.4, 0.5) is 34.1 Å². The number of fused-ring (bicyclic) bond motifs is 1. The number of aryl methyl sites for hydroxylation is 1. The summed E-state index contributed by atoms with van der Waals surface area (Å²) in [6, 6.07) is 47.9. The van der Waals surface area contributed by atoms with Crippen LogP contribution in [0.3, 0.4) is 0 Å². The van der Waals surface area contributed by atoms with Gasteiger partial charge in [0.25, 0.3) is 11.8 Å². The lowest BCUT2D eigenvalue weighted by Gasteiger charge is -2.26. The zero-order valence-corrected chi connectivity index (χ0v) is 32.7. The van der Waals surface area contributed by atoms with Gasteiger partial charge in [-0.2, -0.15) is 0 Å². The Bertz CT molecular complexity index is 2460. The fourth-order valence-corrected chi connectivity index (χ4v) is 7.52. The molecule has 2 amide bonds. The Balaban J connectivity index is 1.16. The number of nitrogens with zero attached hydrogens (tertiary/aromatic N) is 4. The summed E-state index contributed by atoms with van der Waals surface area (Å²) in [5.41, 5.74) is 10.3. The molecule has 0 aliphatic carbocycles. The second kappa shape index (κ2) is 15.1. The van der Waals surface area contributed by atoms with E-state index in [9.17, 15) is 9.59 Å². The Morgan fingerprint density at radius 1 is 0.386 bits per heavy atom. The molecule has 0 aromatic heterocycles. The molecule has 2 heterocycles. The van der Waals surface area contributed by atoms with Gasteiger partial charge in [-0.15, -0.1) is 0 Å². The molecule has 8 rings (SSSR count). The first-order chi connectivity index (χ1) is 27.7. The summed E-state index contributed by atoms with van der Waals surface area (Å²) in [6.07, 6.45) is 0. The van der Waals surface area contributed by atoms with Crippen LogP contribution in [-0.2, 0) is 9.59 Å². The van der Waals surface area contributed by atoms with Crippen LogP contribution in [-0.4, -0.2) is 57.0 Å². The Hall–Kier alpha value is -7.26. The first-order valence-electron chi connectivity index (χ1n) is 18.6. The lowest BCUT2D eigenvalue weighted by molar-refractivity contribution is -0.123. The Morgan fingerprint density at radius 3 is 0.895 bits per heavy atom. The number of rotatable bonds is 11. The number of carbonyl (C=O) groups is 2. The van der Waals surface area contributed by atoms with Crippen molar-refractivity contribution in [3.05, 3.63) is 173 Å². The van der Waals surface area contributed by atoms with Crippen LogP contribution < -0.4 is 24.0 Å². The normalized spacial score (nSPS) is 13.6. The first kappa shape index (κ1) is 36.7. The standard InChI is InChI=1S/C48H42N4O5/c1-31-7-13-34(14-8-31)51(37-19-25-40(55-4)26-20-37)35-15-9-32(10-16-35)45-43-44(48(54)49(45)2)46(50(3)47(43)53)33-11-17-36(18-12-33)52(38-21-27-41(56-5)28-22-38)39-23-29-42(57-6)30-24-39/h7-30H,1-6H3. The van der Waals surface area contributed by atoms with E-state index in [1.807, 2.05) is 121 Å². The van der Waals surface area contributed by atoms with Crippen molar-refractivity contribution in [3.63, 3.8) is 0 Å². The zero-order chi connectivity index (χ0) is 39.8. The van der Waals surface area contributed by atoms with Crippen LogP contribution in [0.5, 0.6) is 17.2 Å². The molecule has 0 N–H and O–H groups in total. The smallest absolute Gasteiger partial charge is 0.261 e. The number of amides is 2. The van der Waals surface area contributed by atoms with Crippen molar-refractivity contribution in [3.8, 4) is 17.2 Å². The molecule has 0 atom stereocenters. The zero-order valence-electron chi connectivity index (χ0n) is 32.7. The molecular weight excluding hydrogens is 713 g/mol. The summed E-state index contributed by atoms with van der Waals surface area (Å²) in [4.78, 5) is 35.7. The van der Waals surface area contributed by atoms with Crippen molar-refractivity contribution >= 4 is 57.3 Å². The monoisotopic (exact) mass is 754 g/mol. The van der Waals surface area contributed by atoms with E-state index >= 15 is 0 Å². The van der Waals surface area contributed by atoms with Crippen molar-refractivity contribution in [2.45, 2.75) is 6.92 Å². The maximum Gasteiger partial charge on any atom is 0.261 e. The molecule has 57 heavy (non-hydrogen) atoms. The minimum absolute atomic E-state index is 0.224. The number of ether oxygens (including phenoxy) is 3. The third-order valence-electron chi connectivity index (χ3n) is 10.5. The molecule has 0 saturated carbocycles. The summed E-state index contributed by atoms with van der Waals surface area (Å²) in [6.45, 7) is 2.07. The van der Waals surface area contributed by atoms with Crippen LogP contribution in [0, 0.1) is 6.92 Å². The van der Waals surface area contributed by atoms with E-state index in [0.29, 0.717) is 22.5 Å². The fraction of sp³-hybridized carbons (Fsp3) is 0.125. The summed E-state index contributed by atoms with van der Waals surface area (Å²) in [7, 11) is 8.41. The van der Waals surface area contributed by atoms with Gasteiger partial charge < -0.3 is 33.8 Å². The summed E-state index contributed by atoms with van der Waals surface area (Å²) in [5.74, 6) is 1.84. The number of hydrogen-bond acceptors (Lipinski definition) is 7. The predicted octanol–water partition coefficient (Wildman–Crippen LogP) is 10.0. The van der Waals surface area contributed by atoms with E-state index in [1.54, 1.807) is 45.2 Å². The van der Waals surface area contributed by atoms with Gasteiger partial charge in [0, 0.05) is 48.2 Å². The van der Waals surface area contributed by atoms with Crippen molar-refractivity contribution in [2.24, 2.45) is 0 Å². The molecular formula is C48H42N4O5. The van der Waals surface area contributed by atoms with Crippen molar-refractivity contribution in [1.82, 2.24) is 9.80 Å². The van der Waals surface area contributed by atoms with E-state index in [-0.39, 0.29) is 11.8 Å². The molecule has 0 saturated heterocycles. The second-order valence-electron chi connectivity index (χ2n) is 13.9. The van der Waals surface area contributed by atoms with E-state index in [0.717, 1.165) is 62.5 Å². The number of methoxy groups -OCH3 is 3. The largest absolute Gasteiger partial charge is 0.497 e. The van der Waals surface area contributed by atoms with Gasteiger partial charge in [0.05, 0.1) is 43.9 Å². The van der Waals surface area contributed by atoms with E-state index in [4.69, 9.17) is 14.2 Å². The Kier molecular flexibility index (Phi) is 9.73. The van der Waals surface area contributed by atoms with Gasteiger partial charge in [-0.05, 0) is 127 Å². The van der Waals surface area contributed by atoms with Crippen LogP contribution in [0.1, 0.15) is 16.7 Å². The van der Waals surface area contributed by atoms with E-state index in [1.165, 1.54) is 5.56 Å². The number of anilines is 6. The molecule has 284 valence electrons. The lowest BCUT2D eigenvalue weighted by Crippen LogP contribution is -2.25. The van der Waals surface area contributed by atoms with Gasteiger partial charge >= 0.3 is 0 Å². The van der Waals surface area contributed by atoms with Gasteiger partial charge in [0.1, 0.15) is 17.2 Å². The molecule has 2 aliphatic rings. The minimum atomic E-state index is -0.224. The number of hydrogen-bond donors (Lipinski definition) is 0.